The van der Waals surface area contributed by atoms with Crippen LogP contribution in [0, 0.1) is 0 Å². The first kappa shape index (κ1) is 12.6. The fourth-order valence-corrected chi connectivity index (χ4v) is 1.75. The Labute approximate surface area is 108 Å². The molecule has 0 saturated heterocycles. The fourth-order valence-electron chi connectivity index (χ4n) is 1.75. The van der Waals surface area contributed by atoms with Gasteiger partial charge in [0, 0.05) is 12.7 Å². The van der Waals surface area contributed by atoms with Crippen molar-refractivity contribution >= 4 is 0 Å². The first-order valence-corrected chi connectivity index (χ1v) is 6.51. The van der Waals surface area contributed by atoms with Crippen LogP contribution in [-0.2, 0) is 0 Å². The lowest BCUT2D eigenvalue weighted by atomic mass is 10.2. The van der Waals surface area contributed by atoms with Crippen molar-refractivity contribution in [1.29, 1.82) is 0 Å². The number of hydrogen-bond acceptors (Lipinski definition) is 2. The van der Waals surface area contributed by atoms with E-state index in [0.717, 1.165) is 24.0 Å². The summed E-state index contributed by atoms with van der Waals surface area (Å²) < 4.78 is 1.85. The maximum absolute atomic E-state index is 4.50. The summed E-state index contributed by atoms with van der Waals surface area (Å²) in [5.74, 6) is 0. The summed E-state index contributed by atoms with van der Waals surface area (Å²) in [6.07, 6.45) is 7.40. The molecule has 1 aromatic carbocycles. The molecule has 0 aliphatic carbocycles. The van der Waals surface area contributed by atoms with Crippen LogP contribution in [0.4, 0.5) is 0 Å². The van der Waals surface area contributed by atoms with E-state index in [1.54, 1.807) is 0 Å². The van der Waals surface area contributed by atoms with Gasteiger partial charge in [0.2, 0.25) is 0 Å². The van der Waals surface area contributed by atoms with Crippen molar-refractivity contribution in [3.8, 4) is 5.69 Å². The van der Waals surface area contributed by atoms with E-state index >= 15 is 0 Å². The van der Waals surface area contributed by atoms with Gasteiger partial charge in [0.15, 0.2) is 0 Å². The van der Waals surface area contributed by atoms with E-state index in [1.807, 2.05) is 53.5 Å². The lowest BCUT2D eigenvalue weighted by Gasteiger charge is -2.03. The predicted octanol–water partition coefficient (Wildman–Crippen LogP) is 2.96. The lowest BCUT2D eigenvalue weighted by molar-refractivity contribution is 0.718. The number of unbranched alkanes of at least 4 members (excludes halogenated alkanes) is 2. The largest absolute Gasteiger partial charge is 0.284 e. The summed E-state index contributed by atoms with van der Waals surface area (Å²) in [5, 5.41) is 5.33. The first-order valence-electron chi connectivity index (χ1n) is 6.51. The molecule has 0 aliphatic heterocycles. The van der Waals surface area contributed by atoms with Gasteiger partial charge >= 0.3 is 0 Å². The van der Waals surface area contributed by atoms with Gasteiger partial charge in [-0.05, 0) is 24.6 Å². The Balaban J connectivity index is 2.06. The Morgan fingerprint density at radius 2 is 1.94 bits per heavy atom. The average Bonchev–Trinajstić information content (AvgIpc) is 2.45. The molecular weight excluding hydrogens is 222 g/mol. The van der Waals surface area contributed by atoms with Gasteiger partial charge < -0.3 is 0 Å². The SMILES string of the molecule is CCCCCN=c1ccn(-c2ccccc2)nc1. The Hall–Kier alpha value is -1.90. The maximum atomic E-state index is 4.50. The van der Waals surface area contributed by atoms with Gasteiger partial charge in [-0.25, -0.2) is 4.68 Å². The third-order valence-electron chi connectivity index (χ3n) is 2.78. The van der Waals surface area contributed by atoms with Crippen LogP contribution in [0.2, 0.25) is 0 Å². The van der Waals surface area contributed by atoms with E-state index in [1.165, 1.54) is 12.8 Å². The second kappa shape index (κ2) is 6.74. The Kier molecular flexibility index (Phi) is 4.70. The third kappa shape index (κ3) is 3.55. The van der Waals surface area contributed by atoms with Crippen LogP contribution in [0.3, 0.4) is 0 Å². The fraction of sp³-hybridized carbons (Fsp3) is 0.333. The topological polar surface area (TPSA) is 30.2 Å². The van der Waals surface area contributed by atoms with Crippen LogP contribution in [0.5, 0.6) is 0 Å². The highest BCUT2D eigenvalue weighted by atomic mass is 15.3. The maximum Gasteiger partial charge on any atom is 0.0790 e. The molecule has 0 spiro atoms. The second-order valence-corrected chi connectivity index (χ2v) is 4.25. The highest BCUT2D eigenvalue weighted by molar-refractivity contribution is 5.29. The zero-order chi connectivity index (χ0) is 12.6. The summed E-state index contributed by atoms with van der Waals surface area (Å²) in [6.45, 7) is 3.09. The van der Waals surface area contributed by atoms with Gasteiger partial charge in [0.05, 0.1) is 17.2 Å². The van der Waals surface area contributed by atoms with Gasteiger partial charge in [-0.15, -0.1) is 0 Å². The number of rotatable bonds is 5. The number of benzene rings is 1. The molecule has 0 fully saturated rings. The second-order valence-electron chi connectivity index (χ2n) is 4.25. The molecule has 1 heterocycles. The average molecular weight is 241 g/mol. The van der Waals surface area contributed by atoms with E-state index in [4.69, 9.17) is 0 Å². The van der Waals surface area contributed by atoms with Gasteiger partial charge in [0.25, 0.3) is 0 Å². The normalized spacial score (nSPS) is 11.7. The van der Waals surface area contributed by atoms with Crippen LogP contribution >= 0.6 is 0 Å². The Morgan fingerprint density at radius 3 is 2.61 bits per heavy atom. The molecule has 0 aliphatic rings. The van der Waals surface area contributed by atoms with Gasteiger partial charge in [-0.2, -0.15) is 5.10 Å². The lowest BCUT2D eigenvalue weighted by Crippen LogP contribution is -2.09. The van der Waals surface area contributed by atoms with Crippen LogP contribution in [0.25, 0.3) is 5.69 Å². The van der Waals surface area contributed by atoms with E-state index in [9.17, 15) is 0 Å². The molecule has 1 aromatic heterocycles. The van der Waals surface area contributed by atoms with E-state index < -0.39 is 0 Å². The summed E-state index contributed by atoms with van der Waals surface area (Å²) in [5.41, 5.74) is 1.06. The van der Waals surface area contributed by atoms with Gasteiger partial charge in [-0.3, -0.25) is 4.99 Å². The minimum Gasteiger partial charge on any atom is -0.284 e. The number of para-hydroxylation sites is 1. The van der Waals surface area contributed by atoms with Crippen molar-refractivity contribution in [2.75, 3.05) is 6.54 Å². The van der Waals surface area contributed by atoms with E-state index in [-0.39, 0.29) is 0 Å². The van der Waals surface area contributed by atoms with Crippen LogP contribution < -0.4 is 5.36 Å². The third-order valence-corrected chi connectivity index (χ3v) is 2.78. The summed E-state index contributed by atoms with van der Waals surface area (Å²) >= 11 is 0. The monoisotopic (exact) mass is 241 g/mol. The highest BCUT2D eigenvalue weighted by Gasteiger charge is 1.92. The zero-order valence-corrected chi connectivity index (χ0v) is 10.8. The van der Waals surface area contributed by atoms with Crippen LogP contribution in [0.15, 0.2) is 53.8 Å². The molecule has 0 N–H and O–H groups in total. The van der Waals surface area contributed by atoms with Gasteiger partial charge in [0.1, 0.15) is 0 Å². The summed E-state index contributed by atoms with van der Waals surface area (Å²) in [7, 11) is 0. The zero-order valence-electron chi connectivity index (χ0n) is 10.8. The van der Waals surface area contributed by atoms with E-state index in [2.05, 4.69) is 17.0 Å². The molecule has 2 aromatic rings. The molecule has 0 unspecified atom stereocenters. The molecule has 94 valence electrons. The molecular formula is C15H19N3. The number of aromatic nitrogens is 2. The molecule has 3 nitrogen and oxygen atoms in total. The van der Waals surface area contributed by atoms with E-state index in [0.29, 0.717) is 0 Å². The van der Waals surface area contributed by atoms with Crippen molar-refractivity contribution in [1.82, 2.24) is 9.78 Å². The highest BCUT2D eigenvalue weighted by Crippen LogP contribution is 2.02. The predicted molar refractivity (Wildman–Crippen MR) is 73.5 cm³/mol. The smallest absolute Gasteiger partial charge is 0.0790 e. The van der Waals surface area contributed by atoms with Crippen molar-refractivity contribution in [2.45, 2.75) is 26.2 Å². The van der Waals surface area contributed by atoms with Crippen LogP contribution in [0.1, 0.15) is 26.2 Å². The quantitative estimate of drug-likeness (QED) is 0.740. The van der Waals surface area contributed by atoms with Crippen molar-refractivity contribution in [3.63, 3.8) is 0 Å². The summed E-state index contributed by atoms with van der Waals surface area (Å²) in [4.78, 5) is 4.50. The Morgan fingerprint density at radius 1 is 1.11 bits per heavy atom. The summed E-state index contributed by atoms with van der Waals surface area (Å²) in [6, 6.07) is 12.1. The molecule has 0 bridgehead atoms. The number of nitrogens with zero attached hydrogens (tertiary/aromatic N) is 3. The molecule has 0 saturated carbocycles. The van der Waals surface area contributed by atoms with Crippen LogP contribution in [-0.4, -0.2) is 16.3 Å². The number of hydrogen-bond donors (Lipinski definition) is 0. The standard InChI is InChI=1S/C15H19N3/c1-2-3-7-11-16-14-10-12-18(17-13-14)15-8-5-4-6-9-15/h4-6,8-10,12-13H,2-3,7,11H2,1H3. The first-order chi connectivity index (χ1) is 8.90. The van der Waals surface area contributed by atoms with Crippen molar-refractivity contribution in [3.05, 3.63) is 54.1 Å². The van der Waals surface area contributed by atoms with Crippen molar-refractivity contribution < 1.29 is 0 Å². The molecule has 0 amide bonds. The van der Waals surface area contributed by atoms with Gasteiger partial charge in [-0.1, -0.05) is 38.0 Å². The molecule has 0 radical (unpaired) electrons. The minimum atomic E-state index is 0.894. The van der Waals surface area contributed by atoms with Crippen molar-refractivity contribution in [2.24, 2.45) is 4.99 Å². The molecule has 0 atom stereocenters. The minimum absolute atomic E-state index is 0.894. The molecule has 3 heteroatoms. The molecule has 2 rings (SSSR count). The molecule has 18 heavy (non-hydrogen) atoms. The Bertz CT molecular complexity index is 508.